The Hall–Kier alpha value is -3.62. The summed E-state index contributed by atoms with van der Waals surface area (Å²) in [6.45, 7) is 4.48. The lowest BCUT2D eigenvalue weighted by molar-refractivity contribution is -0.141. The summed E-state index contributed by atoms with van der Waals surface area (Å²) in [7, 11) is 1.33. The van der Waals surface area contributed by atoms with Crippen molar-refractivity contribution in [2.45, 2.75) is 32.9 Å². The molecule has 3 rings (SSSR count). The first-order valence-corrected chi connectivity index (χ1v) is 10.5. The number of hydrogen-bond donors (Lipinski definition) is 1. The predicted octanol–water partition coefficient (Wildman–Crippen LogP) is 5.90. The first-order chi connectivity index (χ1) is 15.7. The van der Waals surface area contributed by atoms with Crippen molar-refractivity contribution in [3.63, 3.8) is 0 Å². The Morgan fingerprint density at radius 1 is 1.15 bits per heavy atom. The first kappa shape index (κ1) is 24.0. The number of aryl methyl sites for hydroxylation is 1. The van der Waals surface area contributed by atoms with Crippen LogP contribution in [0.15, 0.2) is 59.9 Å². The molecule has 1 heterocycles. The van der Waals surface area contributed by atoms with Crippen LogP contribution in [-0.2, 0) is 18.1 Å². The molecule has 0 saturated carbocycles. The van der Waals surface area contributed by atoms with E-state index in [4.69, 9.17) is 4.84 Å². The van der Waals surface area contributed by atoms with Gasteiger partial charge in [0, 0.05) is 24.5 Å². The van der Waals surface area contributed by atoms with Crippen molar-refractivity contribution >= 4 is 17.3 Å². The van der Waals surface area contributed by atoms with Crippen LogP contribution in [0.25, 0.3) is 11.1 Å². The molecule has 0 spiro atoms. The average molecular weight is 458 g/mol. The van der Waals surface area contributed by atoms with E-state index in [0.29, 0.717) is 17.9 Å². The van der Waals surface area contributed by atoms with Gasteiger partial charge in [-0.15, -0.1) is 0 Å². The highest BCUT2D eigenvalue weighted by molar-refractivity contribution is 6.07. The molecule has 0 fully saturated rings. The minimum atomic E-state index is -4.73. The molecule has 174 valence electrons. The van der Waals surface area contributed by atoms with Gasteiger partial charge in [-0.2, -0.15) is 18.3 Å². The van der Waals surface area contributed by atoms with Crippen LogP contribution in [0.4, 0.5) is 18.9 Å². The molecule has 0 unspecified atom stereocenters. The normalized spacial score (nSPS) is 12.0. The largest absolute Gasteiger partial charge is 0.435 e. The highest BCUT2D eigenvalue weighted by atomic mass is 19.4. The molecule has 0 atom stereocenters. The number of nitrogens with one attached hydrogen (secondary N) is 1. The van der Waals surface area contributed by atoms with Crippen molar-refractivity contribution in [3.8, 4) is 11.1 Å². The van der Waals surface area contributed by atoms with Gasteiger partial charge in [-0.25, -0.2) is 0 Å². The van der Waals surface area contributed by atoms with Gasteiger partial charge in [-0.1, -0.05) is 61.0 Å². The van der Waals surface area contributed by atoms with E-state index >= 15 is 0 Å². The van der Waals surface area contributed by atoms with Crippen LogP contribution >= 0.6 is 0 Å². The Morgan fingerprint density at radius 3 is 2.52 bits per heavy atom. The maximum atomic E-state index is 13.2. The van der Waals surface area contributed by atoms with Crippen molar-refractivity contribution in [2.75, 3.05) is 11.9 Å². The number of alkyl halides is 3. The molecule has 2 aromatic carbocycles. The van der Waals surface area contributed by atoms with Crippen LogP contribution in [-0.4, -0.2) is 28.0 Å². The van der Waals surface area contributed by atoms with Gasteiger partial charge in [0.05, 0.1) is 11.3 Å². The van der Waals surface area contributed by atoms with E-state index in [0.717, 1.165) is 40.6 Å². The molecule has 0 bridgehead atoms. The third-order valence-electron chi connectivity index (χ3n) is 4.92. The van der Waals surface area contributed by atoms with Gasteiger partial charge < -0.3 is 10.2 Å². The minimum Gasteiger partial charge on any atom is -0.396 e. The summed E-state index contributed by atoms with van der Waals surface area (Å²) in [5, 5.41) is 10.1. The molecule has 1 N–H and O–H groups in total. The molecular weight excluding hydrogens is 433 g/mol. The summed E-state index contributed by atoms with van der Waals surface area (Å²) in [5.74, 6) is -0.883. The van der Waals surface area contributed by atoms with Crippen molar-refractivity contribution in [3.05, 3.63) is 71.5 Å². The molecule has 0 aliphatic heterocycles. The lowest BCUT2D eigenvalue weighted by Gasteiger charge is -2.12. The van der Waals surface area contributed by atoms with Crippen molar-refractivity contribution in [1.29, 1.82) is 0 Å². The number of carbonyl (C=O) groups is 1. The number of benzene rings is 2. The number of carbonyl (C=O) groups excluding carboxylic acids is 1. The Labute approximate surface area is 190 Å². The fraction of sp³-hybridized carbons (Fsp3) is 0.292. The third kappa shape index (κ3) is 6.00. The Morgan fingerprint density at radius 2 is 1.85 bits per heavy atom. The molecule has 0 aliphatic rings. The molecule has 1 amide bonds. The predicted molar refractivity (Wildman–Crippen MR) is 121 cm³/mol. The molecular formula is C24H25F3N4O2. The maximum Gasteiger partial charge on any atom is 0.435 e. The van der Waals surface area contributed by atoms with Crippen LogP contribution in [0.1, 0.15) is 48.3 Å². The van der Waals surface area contributed by atoms with E-state index in [1.165, 1.54) is 7.05 Å². The highest BCUT2D eigenvalue weighted by Gasteiger charge is 2.39. The van der Waals surface area contributed by atoms with Crippen molar-refractivity contribution in [1.82, 2.24) is 9.78 Å². The van der Waals surface area contributed by atoms with E-state index < -0.39 is 23.3 Å². The summed E-state index contributed by atoms with van der Waals surface area (Å²) in [6.07, 6.45) is -1.72. The van der Waals surface area contributed by atoms with E-state index in [-0.39, 0.29) is 0 Å². The van der Waals surface area contributed by atoms with Gasteiger partial charge in [0.1, 0.15) is 6.61 Å². The van der Waals surface area contributed by atoms with Crippen molar-refractivity contribution < 1.29 is 22.8 Å². The Balaban J connectivity index is 1.82. The highest BCUT2D eigenvalue weighted by Crippen LogP contribution is 2.32. The molecule has 6 nitrogen and oxygen atoms in total. The van der Waals surface area contributed by atoms with Crippen LogP contribution in [0.2, 0.25) is 0 Å². The van der Waals surface area contributed by atoms with Crippen LogP contribution in [0.5, 0.6) is 0 Å². The van der Waals surface area contributed by atoms with Crippen LogP contribution in [0, 0.1) is 0 Å². The van der Waals surface area contributed by atoms with Gasteiger partial charge >= 0.3 is 6.18 Å². The van der Waals surface area contributed by atoms with Crippen LogP contribution < -0.4 is 5.32 Å². The standard InChI is InChI=1S/C24H25F3N4O2/c1-4-5-14-33-30-16(2)17-10-12-18(13-11-17)19-8-6-7-9-21(19)28-23(32)20-15-31(3)29-22(20)24(25,26)27/h6-13,15H,4-5,14H2,1-3H3,(H,28,32)/b30-16-. The van der Waals surface area contributed by atoms with Gasteiger partial charge in [-0.3, -0.25) is 9.48 Å². The quantitative estimate of drug-likeness (QED) is 0.260. The second-order valence-corrected chi connectivity index (χ2v) is 7.50. The Bertz CT molecular complexity index is 1140. The SMILES string of the molecule is CCCCO/N=C(/C)c1ccc(-c2ccccc2NC(=O)c2cn(C)nc2C(F)(F)F)cc1. The third-order valence-corrected chi connectivity index (χ3v) is 4.92. The number of anilines is 1. The monoisotopic (exact) mass is 458 g/mol. The smallest absolute Gasteiger partial charge is 0.396 e. The van der Waals surface area contributed by atoms with E-state index in [9.17, 15) is 18.0 Å². The van der Waals surface area contributed by atoms with Gasteiger partial charge in [0.15, 0.2) is 5.69 Å². The number of rotatable bonds is 8. The van der Waals surface area contributed by atoms with E-state index in [1.807, 2.05) is 31.2 Å². The molecule has 3 aromatic rings. The first-order valence-electron chi connectivity index (χ1n) is 10.5. The van der Waals surface area contributed by atoms with Gasteiger partial charge in [0.2, 0.25) is 0 Å². The number of amides is 1. The molecule has 0 radical (unpaired) electrons. The number of aromatic nitrogens is 2. The van der Waals surface area contributed by atoms with Gasteiger partial charge in [-0.05, 0) is 30.5 Å². The van der Waals surface area contributed by atoms with Crippen LogP contribution in [0.3, 0.4) is 0 Å². The zero-order valence-electron chi connectivity index (χ0n) is 18.6. The summed E-state index contributed by atoms with van der Waals surface area (Å²) < 4.78 is 40.7. The molecule has 0 aliphatic carbocycles. The number of unbranched alkanes of at least 4 members (excludes halogenated alkanes) is 1. The number of nitrogens with zero attached hydrogens (tertiary/aromatic N) is 3. The van der Waals surface area contributed by atoms with E-state index in [2.05, 4.69) is 22.5 Å². The number of oxime groups is 1. The second kappa shape index (κ2) is 10.3. The fourth-order valence-electron chi connectivity index (χ4n) is 3.19. The lowest BCUT2D eigenvalue weighted by Crippen LogP contribution is -2.18. The van der Waals surface area contributed by atoms with E-state index in [1.54, 1.807) is 24.3 Å². The Kier molecular flexibility index (Phi) is 7.52. The van der Waals surface area contributed by atoms with Gasteiger partial charge in [0.25, 0.3) is 5.91 Å². The summed E-state index contributed by atoms with van der Waals surface area (Å²) in [4.78, 5) is 18.0. The topological polar surface area (TPSA) is 68.5 Å². The molecule has 1 aromatic heterocycles. The minimum absolute atomic E-state index is 0.389. The number of halogens is 3. The maximum absolute atomic E-state index is 13.2. The number of para-hydroxylation sites is 1. The van der Waals surface area contributed by atoms with Crippen molar-refractivity contribution in [2.24, 2.45) is 12.2 Å². The number of hydrogen-bond acceptors (Lipinski definition) is 4. The summed E-state index contributed by atoms with van der Waals surface area (Å²) in [6, 6.07) is 14.4. The average Bonchev–Trinajstić information content (AvgIpc) is 3.20. The molecule has 9 heteroatoms. The lowest BCUT2D eigenvalue weighted by atomic mass is 10.0. The zero-order chi connectivity index (χ0) is 24.0. The summed E-state index contributed by atoms with van der Waals surface area (Å²) >= 11 is 0. The molecule has 33 heavy (non-hydrogen) atoms. The molecule has 0 saturated heterocycles. The fourth-order valence-corrected chi connectivity index (χ4v) is 3.19. The zero-order valence-corrected chi connectivity index (χ0v) is 18.6. The summed E-state index contributed by atoms with van der Waals surface area (Å²) in [5.41, 5.74) is 1.70. The second-order valence-electron chi connectivity index (χ2n) is 7.50.